The summed E-state index contributed by atoms with van der Waals surface area (Å²) in [5.41, 5.74) is 3.19. The zero-order valence-electron chi connectivity index (χ0n) is 15.4. The van der Waals surface area contributed by atoms with Gasteiger partial charge in [0.25, 0.3) is 0 Å². The molecule has 140 valence electrons. The number of nitrogens with zero attached hydrogens (tertiary/aromatic N) is 2. The van der Waals surface area contributed by atoms with Crippen LogP contribution in [-0.2, 0) is 6.54 Å². The van der Waals surface area contributed by atoms with Gasteiger partial charge in [-0.3, -0.25) is 4.99 Å². The predicted molar refractivity (Wildman–Crippen MR) is 108 cm³/mol. The second kappa shape index (κ2) is 9.54. The van der Waals surface area contributed by atoms with Crippen LogP contribution < -0.4 is 10.6 Å². The first-order valence-electron chi connectivity index (χ1n) is 8.99. The fourth-order valence-corrected chi connectivity index (χ4v) is 2.84. The monoisotopic (exact) mass is 363 g/mol. The minimum Gasteiger partial charge on any atom is -0.396 e. The quantitative estimate of drug-likeness (QED) is 0.384. The number of aromatic nitrogens is 2. The molecule has 1 atom stereocenters. The fraction of sp³-hybridized carbons (Fsp3) is 0.238. The molecule has 0 saturated heterocycles. The Bertz CT molecular complexity index is 845. The number of aliphatic hydroxyl groups is 1. The Labute approximate surface area is 159 Å². The molecule has 4 N–H and O–H groups in total. The second-order valence-electron chi connectivity index (χ2n) is 6.21. The van der Waals surface area contributed by atoms with E-state index in [0.29, 0.717) is 19.0 Å². The number of nitrogens with one attached hydrogen (secondary N) is 3. The molecule has 2 aromatic carbocycles. The van der Waals surface area contributed by atoms with Crippen LogP contribution in [0.5, 0.6) is 0 Å². The van der Waals surface area contributed by atoms with Gasteiger partial charge in [0.1, 0.15) is 5.82 Å². The number of guanidine groups is 1. The Kier molecular flexibility index (Phi) is 6.60. The lowest BCUT2D eigenvalue weighted by Gasteiger charge is -2.17. The molecule has 0 aliphatic rings. The van der Waals surface area contributed by atoms with Gasteiger partial charge < -0.3 is 20.7 Å². The van der Waals surface area contributed by atoms with Crippen LogP contribution in [0.2, 0.25) is 0 Å². The summed E-state index contributed by atoms with van der Waals surface area (Å²) >= 11 is 0. The van der Waals surface area contributed by atoms with E-state index in [2.05, 4.69) is 25.6 Å². The van der Waals surface area contributed by atoms with Crippen LogP contribution in [0, 0.1) is 0 Å². The zero-order valence-corrected chi connectivity index (χ0v) is 15.4. The molecule has 0 aliphatic carbocycles. The number of aliphatic hydroxyl groups excluding tert-OH is 1. The minimum atomic E-state index is 0.0121. The predicted octanol–water partition coefficient (Wildman–Crippen LogP) is 2.52. The van der Waals surface area contributed by atoms with E-state index in [-0.39, 0.29) is 12.5 Å². The van der Waals surface area contributed by atoms with E-state index in [1.807, 2.05) is 66.9 Å². The summed E-state index contributed by atoms with van der Waals surface area (Å²) < 4.78 is 0. The maximum absolute atomic E-state index is 9.67. The van der Waals surface area contributed by atoms with Gasteiger partial charge in [-0.05, 0) is 11.1 Å². The Hall–Kier alpha value is -3.12. The Morgan fingerprint density at radius 3 is 2.44 bits per heavy atom. The Balaban J connectivity index is 1.53. The van der Waals surface area contributed by atoms with Gasteiger partial charge in [-0.1, -0.05) is 60.7 Å². The largest absolute Gasteiger partial charge is 0.396 e. The average molecular weight is 363 g/mol. The van der Waals surface area contributed by atoms with E-state index in [9.17, 15) is 5.11 Å². The molecule has 6 heteroatoms. The molecule has 1 aromatic heterocycles. The SMILES string of the molecule is CN=C(NCc1ncc(-c2ccccc2)[nH]1)NCC(CO)c1ccccc1. The average Bonchev–Trinajstić information content (AvgIpc) is 3.21. The summed E-state index contributed by atoms with van der Waals surface area (Å²) in [6.07, 6.45) is 1.83. The molecule has 0 fully saturated rings. The maximum atomic E-state index is 9.67. The topological polar surface area (TPSA) is 85.3 Å². The first-order chi connectivity index (χ1) is 13.3. The van der Waals surface area contributed by atoms with Gasteiger partial charge in [0.15, 0.2) is 5.96 Å². The lowest BCUT2D eigenvalue weighted by Crippen LogP contribution is -2.39. The van der Waals surface area contributed by atoms with E-state index < -0.39 is 0 Å². The van der Waals surface area contributed by atoms with Crippen molar-refractivity contribution in [2.75, 3.05) is 20.2 Å². The van der Waals surface area contributed by atoms with Crippen LogP contribution in [0.4, 0.5) is 0 Å². The van der Waals surface area contributed by atoms with Gasteiger partial charge in [-0.2, -0.15) is 0 Å². The third-order valence-corrected chi connectivity index (χ3v) is 4.37. The number of aliphatic imine (C=N–C) groups is 1. The van der Waals surface area contributed by atoms with Crippen molar-refractivity contribution in [3.05, 3.63) is 78.2 Å². The maximum Gasteiger partial charge on any atom is 0.191 e. The van der Waals surface area contributed by atoms with Crippen molar-refractivity contribution in [2.45, 2.75) is 12.5 Å². The van der Waals surface area contributed by atoms with E-state index in [1.165, 1.54) is 0 Å². The summed E-state index contributed by atoms with van der Waals surface area (Å²) in [6, 6.07) is 20.1. The van der Waals surface area contributed by atoms with Gasteiger partial charge >= 0.3 is 0 Å². The van der Waals surface area contributed by atoms with Crippen molar-refractivity contribution in [1.29, 1.82) is 0 Å². The summed E-state index contributed by atoms with van der Waals surface area (Å²) in [5.74, 6) is 1.51. The van der Waals surface area contributed by atoms with Crippen molar-refractivity contribution < 1.29 is 5.11 Å². The number of rotatable bonds is 7. The van der Waals surface area contributed by atoms with Crippen LogP contribution in [0.15, 0.2) is 71.9 Å². The van der Waals surface area contributed by atoms with E-state index >= 15 is 0 Å². The number of aromatic amines is 1. The highest BCUT2D eigenvalue weighted by Gasteiger charge is 2.11. The van der Waals surface area contributed by atoms with E-state index in [0.717, 1.165) is 22.6 Å². The molecule has 0 spiro atoms. The van der Waals surface area contributed by atoms with Crippen LogP contribution in [0.25, 0.3) is 11.3 Å². The van der Waals surface area contributed by atoms with Crippen LogP contribution in [-0.4, -0.2) is 41.2 Å². The summed E-state index contributed by atoms with van der Waals surface area (Å²) in [7, 11) is 1.73. The molecular formula is C21H25N5O. The zero-order chi connectivity index (χ0) is 18.9. The first-order valence-corrected chi connectivity index (χ1v) is 8.99. The van der Waals surface area contributed by atoms with Crippen molar-refractivity contribution in [3.63, 3.8) is 0 Å². The molecule has 1 heterocycles. The number of imidazole rings is 1. The van der Waals surface area contributed by atoms with Gasteiger partial charge in [-0.15, -0.1) is 0 Å². The molecule has 6 nitrogen and oxygen atoms in total. The van der Waals surface area contributed by atoms with Gasteiger partial charge in [0.05, 0.1) is 25.0 Å². The molecule has 1 unspecified atom stereocenters. The molecule has 3 rings (SSSR count). The van der Waals surface area contributed by atoms with Crippen LogP contribution in [0.3, 0.4) is 0 Å². The summed E-state index contributed by atoms with van der Waals surface area (Å²) in [6.45, 7) is 1.20. The molecule has 0 saturated carbocycles. The number of hydrogen-bond acceptors (Lipinski definition) is 3. The number of benzene rings is 2. The van der Waals surface area contributed by atoms with Crippen LogP contribution >= 0.6 is 0 Å². The fourth-order valence-electron chi connectivity index (χ4n) is 2.84. The van der Waals surface area contributed by atoms with Crippen molar-refractivity contribution in [2.24, 2.45) is 4.99 Å². The number of H-pyrrole nitrogens is 1. The lowest BCUT2D eigenvalue weighted by atomic mass is 10.0. The van der Waals surface area contributed by atoms with Crippen molar-refractivity contribution >= 4 is 5.96 Å². The summed E-state index contributed by atoms with van der Waals surface area (Å²) in [5, 5.41) is 16.2. The lowest BCUT2D eigenvalue weighted by molar-refractivity contribution is 0.265. The van der Waals surface area contributed by atoms with Crippen molar-refractivity contribution in [1.82, 2.24) is 20.6 Å². The third-order valence-electron chi connectivity index (χ3n) is 4.37. The van der Waals surface area contributed by atoms with Crippen molar-refractivity contribution in [3.8, 4) is 11.3 Å². The highest BCUT2D eigenvalue weighted by molar-refractivity contribution is 5.79. The van der Waals surface area contributed by atoms with E-state index in [4.69, 9.17) is 0 Å². The van der Waals surface area contributed by atoms with E-state index in [1.54, 1.807) is 7.05 Å². The van der Waals surface area contributed by atoms with Crippen LogP contribution in [0.1, 0.15) is 17.3 Å². The molecule has 27 heavy (non-hydrogen) atoms. The first kappa shape index (κ1) is 18.7. The molecule has 0 radical (unpaired) electrons. The van der Waals surface area contributed by atoms with Gasteiger partial charge in [0.2, 0.25) is 0 Å². The highest BCUT2D eigenvalue weighted by atomic mass is 16.3. The minimum absolute atomic E-state index is 0.0121. The molecule has 0 aliphatic heterocycles. The normalized spacial score (nSPS) is 12.6. The van der Waals surface area contributed by atoms with Gasteiger partial charge in [-0.25, -0.2) is 4.98 Å². The van der Waals surface area contributed by atoms with Gasteiger partial charge in [0, 0.05) is 19.5 Å². The molecule has 0 bridgehead atoms. The third kappa shape index (κ3) is 5.18. The molecule has 0 amide bonds. The smallest absolute Gasteiger partial charge is 0.191 e. The summed E-state index contributed by atoms with van der Waals surface area (Å²) in [4.78, 5) is 12.0. The Morgan fingerprint density at radius 2 is 1.78 bits per heavy atom. The highest BCUT2D eigenvalue weighted by Crippen LogP contribution is 2.16. The standard InChI is InChI=1S/C21H25N5O/c1-22-21(24-12-18(15-27)16-8-4-2-5-9-16)25-14-20-23-13-19(26-20)17-10-6-3-7-11-17/h2-11,13,18,27H,12,14-15H2,1H3,(H,23,26)(H2,22,24,25). The molecular weight excluding hydrogens is 338 g/mol. The second-order valence-corrected chi connectivity index (χ2v) is 6.21. The number of hydrogen-bond donors (Lipinski definition) is 4. The Morgan fingerprint density at radius 1 is 1.07 bits per heavy atom. The molecule has 3 aromatic rings.